The topological polar surface area (TPSA) is 59.0 Å². The summed E-state index contributed by atoms with van der Waals surface area (Å²) in [6, 6.07) is 12.8. The van der Waals surface area contributed by atoms with Crippen molar-refractivity contribution in [1.82, 2.24) is 4.90 Å². The molecule has 35 heavy (non-hydrogen) atoms. The first kappa shape index (κ1) is 23.1. The number of ether oxygens (including phenoxy) is 2. The average Bonchev–Trinajstić information content (AvgIpc) is 3.23. The molecule has 3 unspecified atom stereocenters. The Morgan fingerprint density at radius 1 is 1.31 bits per heavy atom. The Morgan fingerprint density at radius 2 is 2.09 bits per heavy atom. The minimum Gasteiger partial charge on any atom is -0.504 e. The highest BCUT2D eigenvalue weighted by Crippen LogP contribution is 2.64. The van der Waals surface area contributed by atoms with Gasteiger partial charge in [0.15, 0.2) is 23.4 Å². The zero-order chi connectivity index (χ0) is 24.5. The predicted molar refractivity (Wildman–Crippen MR) is 135 cm³/mol. The van der Waals surface area contributed by atoms with Gasteiger partial charge in [-0.05, 0) is 62.7 Å². The lowest BCUT2D eigenvalue weighted by atomic mass is 9.51. The molecule has 0 aromatic heterocycles. The van der Waals surface area contributed by atoms with E-state index in [1.807, 2.05) is 18.2 Å². The van der Waals surface area contributed by atoms with Crippen LogP contribution < -0.4 is 4.74 Å². The molecule has 2 aliphatic carbocycles. The maximum atomic E-state index is 13.2. The molecule has 1 N–H and O–H groups in total. The fourth-order valence-electron chi connectivity index (χ4n) is 8.01. The monoisotopic (exact) mass is 475 g/mol. The number of Topliss-reactive ketones (excluding diaryl/α,β-unsaturated/α-hetero) is 1. The zero-order valence-electron chi connectivity index (χ0n) is 21.3. The Hall–Kier alpha value is -2.37. The van der Waals surface area contributed by atoms with Crippen molar-refractivity contribution in [2.75, 3.05) is 20.2 Å². The Bertz CT molecular complexity index is 1160. The molecular weight excluding hydrogens is 438 g/mol. The summed E-state index contributed by atoms with van der Waals surface area (Å²) in [7, 11) is 1.73. The Labute approximate surface area is 208 Å². The van der Waals surface area contributed by atoms with E-state index in [1.54, 1.807) is 7.11 Å². The average molecular weight is 476 g/mol. The van der Waals surface area contributed by atoms with Crippen LogP contribution in [-0.4, -0.2) is 48.1 Å². The summed E-state index contributed by atoms with van der Waals surface area (Å²) in [6.07, 6.45) is 4.07. The number of piperidine rings is 1. The van der Waals surface area contributed by atoms with Crippen LogP contribution >= 0.6 is 0 Å². The van der Waals surface area contributed by atoms with Gasteiger partial charge in [0, 0.05) is 42.0 Å². The van der Waals surface area contributed by atoms with Gasteiger partial charge in [-0.3, -0.25) is 9.69 Å². The molecule has 6 rings (SSSR count). The Balaban J connectivity index is 1.51. The smallest absolute Gasteiger partial charge is 0.174 e. The quantitative estimate of drug-likeness (QED) is 0.632. The largest absolute Gasteiger partial charge is 0.504 e. The van der Waals surface area contributed by atoms with Crippen molar-refractivity contribution in [2.24, 2.45) is 5.92 Å². The van der Waals surface area contributed by atoms with E-state index < -0.39 is 11.7 Å². The predicted octanol–water partition coefficient (Wildman–Crippen LogP) is 5.08. The van der Waals surface area contributed by atoms with Crippen molar-refractivity contribution < 1.29 is 19.4 Å². The Kier molecular flexibility index (Phi) is 5.32. The molecule has 5 heteroatoms. The third kappa shape index (κ3) is 2.97. The van der Waals surface area contributed by atoms with Gasteiger partial charge < -0.3 is 14.6 Å². The van der Waals surface area contributed by atoms with Crippen molar-refractivity contribution >= 4 is 5.78 Å². The van der Waals surface area contributed by atoms with E-state index in [9.17, 15) is 9.90 Å². The van der Waals surface area contributed by atoms with Crippen molar-refractivity contribution in [3.63, 3.8) is 0 Å². The lowest BCUT2D eigenvalue weighted by Crippen LogP contribution is -2.66. The van der Waals surface area contributed by atoms with Crippen molar-refractivity contribution in [1.29, 1.82) is 0 Å². The van der Waals surface area contributed by atoms with Gasteiger partial charge in [0.2, 0.25) is 0 Å². The van der Waals surface area contributed by atoms with Gasteiger partial charge in [0.25, 0.3) is 0 Å². The fraction of sp³-hybridized carbons (Fsp3) is 0.567. The van der Waals surface area contributed by atoms with E-state index in [0.29, 0.717) is 24.1 Å². The van der Waals surface area contributed by atoms with Crippen LogP contribution in [0.15, 0.2) is 36.4 Å². The van der Waals surface area contributed by atoms with Gasteiger partial charge in [-0.1, -0.05) is 50.2 Å². The van der Waals surface area contributed by atoms with E-state index in [0.717, 1.165) is 55.5 Å². The molecule has 2 bridgehead atoms. The molecule has 2 aromatic carbocycles. The molecule has 2 aromatic rings. The summed E-state index contributed by atoms with van der Waals surface area (Å²) >= 11 is 0. The molecule has 1 saturated carbocycles. The number of ketones is 1. The number of methoxy groups -OCH3 is 1. The highest BCUT2D eigenvalue weighted by Gasteiger charge is 2.66. The van der Waals surface area contributed by atoms with Crippen LogP contribution in [0.5, 0.6) is 11.5 Å². The second-order valence-corrected chi connectivity index (χ2v) is 11.3. The highest BCUT2D eigenvalue weighted by molar-refractivity contribution is 5.89. The molecular formula is C30H37NO4. The molecule has 6 atom stereocenters. The minimum atomic E-state index is -0.625. The Morgan fingerprint density at radius 3 is 2.80 bits per heavy atom. The number of likely N-dealkylation sites (tertiary alicyclic amines) is 1. The van der Waals surface area contributed by atoms with Crippen LogP contribution in [0.25, 0.3) is 0 Å². The van der Waals surface area contributed by atoms with Crippen molar-refractivity contribution in [3.05, 3.63) is 58.7 Å². The number of hydrogen-bond donors (Lipinski definition) is 1. The molecule has 4 aliphatic rings. The standard InChI is InChI=1S/C30H37NO4/c1-5-14-31-15-13-30-22-11-12-24(32)28(30)35-27-25(30)19(17-23(22)31)16-21(26(27)33)18(2)29(3,34-4)20-9-7-6-8-10-20/h6-10,16,18,22-23,28,33H,5,11-15,17H2,1-4H3/t18?,22-,23+,28?,29?,30-/m0/s1. The molecule has 0 amide bonds. The highest BCUT2D eigenvalue weighted by atomic mass is 16.5. The van der Waals surface area contributed by atoms with Crippen molar-refractivity contribution in [2.45, 2.75) is 82.0 Å². The summed E-state index contributed by atoms with van der Waals surface area (Å²) in [5.74, 6) is 1.26. The summed E-state index contributed by atoms with van der Waals surface area (Å²) in [5.41, 5.74) is 3.40. The van der Waals surface area contributed by atoms with Crippen LogP contribution in [-0.2, 0) is 27.0 Å². The number of aromatic hydroxyl groups is 1. The summed E-state index contributed by atoms with van der Waals surface area (Å²) < 4.78 is 12.6. The summed E-state index contributed by atoms with van der Waals surface area (Å²) in [5, 5.41) is 11.7. The fourth-order valence-corrected chi connectivity index (χ4v) is 8.01. The third-order valence-electron chi connectivity index (χ3n) is 9.94. The van der Waals surface area contributed by atoms with Crippen LogP contribution in [0, 0.1) is 5.92 Å². The number of nitrogens with zero attached hydrogens (tertiary/aromatic N) is 1. The maximum absolute atomic E-state index is 13.2. The normalized spacial score (nSPS) is 31.4. The molecule has 2 heterocycles. The number of benzene rings is 2. The number of phenolic OH excluding ortho intramolecular Hbond substituents is 1. The second-order valence-electron chi connectivity index (χ2n) is 11.3. The first-order chi connectivity index (χ1) is 16.9. The molecule has 186 valence electrons. The molecule has 1 spiro atoms. The van der Waals surface area contributed by atoms with Crippen molar-refractivity contribution in [3.8, 4) is 11.5 Å². The van der Waals surface area contributed by atoms with Gasteiger partial charge in [0.05, 0.1) is 5.60 Å². The first-order valence-electron chi connectivity index (χ1n) is 13.3. The lowest BCUT2D eigenvalue weighted by Gasteiger charge is -2.57. The van der Waals surface area contributed by atoms with Crippen LogP contribution in [0.3, 0.4) is 0 Å². The number of phenols is 1. The molecule has 2 aliphatic heterocycles. The van der Waals surface area contributed by atoms with E-state index >= 15 is 0 Å². The minimum absolute atomic E-state index is 0.125. The van der Waals surface area contributed by atoms with E-state index in [2.05, 4.69) is 43.9 Å². The van der Waals surface area contributed by atoms with Crippen LogP contribution in [0.1, 0.15) is 74.6 Å². The summed E-state index contributed by atoms with van der Waals surface area (Å²) in [6.45, 7) is 8.54. The third-order valence-corrected chi connectivity index (χ3v) is 9.94. The molecule has 1 saturated heterocycles. The number of carbonyl (C=O) groups is 1. The molecule has 0 radical (unpaired) electrons. The maximum Gasteiger partial charge on any atom is 0.174 e. The SMILES string of the molecule is CCCN1CC[C@]23c4c5cc(C(C)C(C)(OC)c6ccccc6)c(O)c4OC2C(=O)CC[C@H]3[C@H]1C5. The number of hydrogen-bond acceptors (Lipinski definition) is 5. The molecule has 5 nitrogen and oxygen atoms in total. The number of carbonyl (C=O) groups excluding carboxylic acids is 1. The van der Waals surface area contributed by atoms with E-state index in [1.165, 1.54) is 5.56 Å². The number of rotatable bonds is 6. The van der Waals surface area contributed by atoms with Gasteiger partial charge in [-0.2, -0.15) is 0 Å². The van der Waals surface area contributed by atoms with Gasteiger partial charge in [0.1, 0.15) is 0 Å². The zero-order valence-corrected chi connectivity index (χ0v) is 21.3. The second kappa shape index (κ2) is 8.07. The van der Waals surface area contributed by atoms with Gasteiger partial charge in [-0.15, -0.1) is 0 Å². The van der Waals surface area contributed by atoms with Gasteiger partial charge in [-0.25, -0.2) is 0 Å². The lowest BCUT2D eigenvalue weighted by molar-refractivity contribution is -0.138. The van der Waals surface area contributed by atoms with E-state index in [-0.39, 0.29) is 22.9 Å². The van der Waals surface area contributed by atoms with Gasteiger partial charge >= 0.3 is 0 Å². The van der Waals surface area contributed by atoms with Crippen LogP contribution in [0.4, 0.5) is 0 Å². The van der Waals surface area contributed by atoms with E-state index in [4.69, 9.17) is 9.47 Å². The first-order valence-corrected chi connectivity index (χ1v) is 13.3. The molecule has 2 fully saturated rings. The van der Waals surface area contributed by atoms with Crippen LogP contribution in [0.2, 0.25) is 0 Å². The summed E-state index contributed by atoms with van der Waals surface area (Å²) in [4.78, 5) is 15.9.